The van der Waals surface area contributed by atoms with Gasteiger partial charge in [-0.05, 0) is 54.6 Å². The minimum Gasteiger partial charge on any atom is -0.339 e. The van der Waals surface area contributed by atoms with E-state index < -0.39 is 0 Å². The van der Waals surface area contributed by atoms with Gasteiger partial charge in [-0.1, -0.05) is 48.2 Å². The van der Waals surface area contributed by atoms with Gasteiger partial charge in [-0.25, -0.2) is 0 Å². The van der Waals surface area contributed by atoms with E-state index in [2.05, 4.69) is 84.0 Å². The third kappa shape index (κ3) is 3.06. The van der Waals surface area contributed by atoms with Crippen LogP contribution < -0.4 is 4.90 Å². The number of para-hydroxylation sites is 2. The molecular formula is C21H19NS2. The summed E-state index contributed by atoms with van der Waals surface area (Å²) in [4.78, 5) is 6.47. The topological polar surface area (TPSA) is 3.24 Å². The molecule has 0 unspecified atom stereocenters. The maximum absolute atomic E-state index is 2.46. The standard InChI is InChI=1S/C21H19NS2/c1-23-17-12-10-16(11-13-17)14-15-22-18-6-2-4-8-20(18)24-21-9-5-3-7-19(21)22/h2-13H,14-15H2,1H3. The molecule has 120 valence electrons. The summed E-state index contributed by atoms with van der Waals surface area (Å²) < 4.78 is 0. The second kappa shape index (κ2) is 6.96. The van der Waals surface area contributed by atoms with Crippen molar-refractivity contribution in [3.05, 3.63) is 78.4 Å². The van der Waals surface area contributed by atoms with Crippen molar-refractivity contribution < 1.29 is 0 Å². The van der Waals surface area contributed by atoms with Crippen LogP contribution in [0.15, 0.2) is 87.5 Å². The summed E-state index contributed by atoms with van der Waals surface area (Å²) in [7, 11) is 0. The van der Waals surface area contributed by atoms with Gasteiger partial charge < -0.3 is 4.90 Å². The number of fused-ring (bicyclic) bond motifs is 2. The maximum atomic E-state index is 2.46. The van der Waals surface area contributed by atoms with Gasteiger partial charge in [0.05, 0.1) is 11.4 Å². The summed E-state index contributed by atoms with van der Waals surface area (Å²) in [6.45, 7) is 0.993. The SMILES string of the molecule is CSc1ccc(CCN2c3ccccc3Sc3ccccc32)cc1. The Kier molecular flexibility index (Phi) is 4.54. The molecule has 1 aliphatic heterocycles. The molecule has 0 saturated heterocycles. The van der Waals surface area contributed by atoms with Crippen molar-refractivity contribution in [3.63, 3.8) is 0 Å². The van der Waals surface area contributed by atoms with Gasteiger partial charge in [-0.15, -0.1) is 11.8 Å². The Balaban J connectivity index is 1.62. The van der Waals surface area contributed by atoms with Crippen LogP contribution in [0.5, 0.6) is 0 Å². The van der Waals surface area contributed by atoms with Gasteiger partial charge >= 0.3 is 0 Å². The highest BCUT2D eigenvalue weighted by molar-refractivity contribution is 7.99. The van der Waals surface area contributed by atoms with Crippen molar-refractivity contribution in [1.29, 1.82) is 0 Å². The molecule has 0 saturated carbocycles. The van der Waals surface area contributed by atoms with Crippen LogP contribution in [-0.2, 0) is 6.42 Å². The zero-order valence-corrected chi connectivity index (χ0v) is 15.2. The van der Waals surface area contributed by atoms with Crippen molar-refractivity contribution in [2.45, 2.75) is 21.1 Å². The fraction of sp³-hybridized carbons (Fsp3) is 0.143. The first kappa shape index (κ1) is 15.7. The molecular weight excluding hydrogens is 330 g/mol. The quantitative estimate of drug-likeness (QED) is 0.512. The van der Waals surface area contributed by atoms with Crippen molar-refractivity contribution >= 4 is 34.9 Å². The number of hydrogen-bond donors (Lipinski definition) is 0. The fourth-order valence-corrected chi connectivity index (χ4v) is 4.56. The molecule has 1 heterocycles. The Morgan fingerprint density at radius 1 is 0.792 bits per heavy atom. The van der Waals surface area contributed by atoms with Crippen LogP contribution in [-0.4, -0.2) is 12.8 Å². The highest BCUT2D eigenvalue weighted by atomic mass is 32.2. The van der Waals surface area contributed by atoms with Gasteiger partial charge in [0, 0.05) is 21.2 Å². The van der Waals surface area contributed by atoms with E-state index in [-0.39, 0.29) is 0 Å². The second-order valence-corrected chi connectivity index (χ2v) is 7.75. The fourth-order valence-electron chi connectivity index (χ4n) is 3.06. The number of hydrogen-bond acceptors (Lipinski definition) is 3. The zero-order chi connectivity index (χ0) is 16.4. The van der Waals surface area contributed by atoms with E-state index in [0.717, 1.165) is 13.0 Å². The van der Waals surface area contributed by atoms with Gasteiger partial charge in [-0.2, -0.15) is 0 Å². The van der Waals surface area contributed by atoms with Crippen LogP contribution >= 0.6 is 23.5 Å². The third-order valence-electron chi connectivity index (χ3n) is 4.32. The van der Waals surface area contributed by atoms with Crippen molar-refractivity contribution in [2.75, 3.05) is 17.7 Å². The highest BCUT2D eigenvalue weighted by Gasteiger charge is 2.22. The summed E-state index contributed by atoms with van der Waals surface area (Å²) in [5, 5.41) is 0. The molecule has 1 nitrogen and oxygen atoms in total. The molecule has 0 atom stereocenters. The van der Waals surface area contributed by atoms with E-state index in [0.29, 0.717) is 0 Å². The largest absolute Gasteiger partial charge is 0.339 e. The molecule has 0 spiro atoms. The van der Waals surface area contributed by atoms with Gasteiger partial charge in [0.25, 0.3) is 0 Å². The Hall–Kier alpha value is -1.84. The summed E-state index contributed by atoms with van der Waals surface area (Å²) >= 11 is 3.66. The summed E-state index contributed by atoms with van der Waals surface area (Å²) in [5.41, 5.74) is 4.03. The summed E-state index contributed by atoms with van der Waals surface area (Å²) in [6, 6.07) is 26.3. The molecule has 0 bridgehead atoms. The smallest absolute Gasteiger partial charge is 0.0552 e. The monoisotopic (exact) mass is 349 g/mol. The van der Waals surface area contributed by atoms with Crippen LogP contribution in [0.1, 0.15) is 5.56 Å². The number of anilines is 2. The normalized spacial score (nSPS) is 12.6. The van der Waals surface area contributed by atoms with Crippen LogP contribution in [0.2, 0.25) is 0 Å². The van der Waals surface area contributed by atoms with Gasteiger partial charge in [-0.3, -0.25) is 0 Å². The molecule has 0 fully saturated rings. The van der Waals surface area contributed by atoms with Crippen LogP contribution in [0.4, 0.5) is 11.4 Å². The van der Waals surface area contributed by atoms with Crippen LogP contribution in [0, 0.1) is 0 Å². The van der Waals surface area contributed by atoms with Gasteiger partial charge in [0.15, 0.2) is 0 Å². The Morgan fingerprint density at radius 2 is 1.38 bits per heavy atom. The lowest BCUT2D eigenvalue weighted by Crippen LogP contribution is -2.23. The number of thioether (sulfide) groups is 1. The van der Waals surface area contributed by atoms with Gasteiger partial charge in [0.1, 0.15) is 0 Å². The lowest BCUT2D eigenvalue weighted by molar-refractivity contribution is 0.890. The maximum Gasteiger partial charge on any atom is 0.0552 e. The van der Waals surface area contributed by atoms with Crippen molar-refractivity contribution in [1.82, 2.24) is 0 Å². The summed E-state index contributed by atoms with van der Waals surface area (Å²) in [5.74, 6) is 0. The molecule has 0 aromatic heterocycles. The zero-order valence-electron chi connectivity index (χ0n) is 13.6. The molecule has 4 rings (SSSR count). The van der Waals surface area contributed by atoms with E-state index in [1.54, 1.807) is 11.8 Å². The first-order valence-corrected chi connectivity index (χ1v) is 10.2. The molecule has 0 radical (unpaired) electrons. The van der Waals surface area contributed by atoms with Gasteiger partial charge in [0.2, 0.25) is 0 Å². The molecule has 24 heavy (non-hydrogen) atoms. The Morgan fingerprint density at radius 3 is 1.96 bits per heavy atom. The minimum absolute atomic E-state index is 0.993. The predicted molar refractivity (Wildman–Crippen MR) is 106 cm³/mol. The number of rotatable bonds is 4. The van der Waals surface area contributed by atoms with E-state index in [4.69, 9.17) is 0 Å². The number of nitrogens with zero attached hydrogens (tertiary/aromatic N) is 1. The van der Waals surface area contributed by atoms with Crippen LogP contribution in [0.3, 0.4) is 0 Å². The minimum atomic E-state index is 0.993. The molecule has 0 amide bonds. The molecule has 3 heteroatoms. The average molecular weight is 350 g/mol. The lowest BCUT2D eigenvalue weighted by Gasteiger charge is -2.32. The third-order valence-corrected chi connectivity index (χ3v) is 6.19. The molecule has 0 N–H and O–H groups in total. The van der Waals surface area contributed by atoms with E-state index in [1.165, 1.54) is 31.6 Å². The first-order valence-electron chi connectivity index (χ1n) is 8.11. The summed E-state index contributed by atoms with van der Waals surface area (Å²) in [6.07, 6.45) is 3.16. The first-order chi connectivity index (χ1) is 11.8. The number of benzene rings is 3. The molecule has 1 aliphatic rings. The Bertz CT molecular complexity index is 797. The average Bonchev–Trinajstić information content (AvgIpc) is 2.65. The Labute approximate surface area is 152 Å². The van der Waals surface area contributed by atoms with Crippen molar-refractivity contribution in [3.8, 4) is 0 Å². The van der Waals surface area contributed by atoms with Crippen LogP contribution in [0.25, 0.3) is 0 Å². The molecule has 0 aliphatic carbocycles. The van der Waals surface area contributed by atoms with Crippen molar-refractivity contribution in [2.24, 2.45) is 0 Å². The second-order valence-electron chi connectivity index (χ2n) is 5.79. The highest BCUT2D eigenvalue weighted by Crippen LogP contribution is 2.47. The van der Waals surface area contributed by atoms with E-state index >= 15 is 0 Å². The van der Waals surface area contributed by atoms with E-state index in [9.17, 15) is 0 Å². The van der Waals surface area contributed by atoms with E-state index in [1.807, 2.05) is 11.8 Å². The molecule has 3 aromatic rings. The molecule has 3 aromatic carbocycles. The lowest BCUT2D eigenvalue weighted by atomic mass is 10.1. The predicted octanol–water partition coefficient (Wildman–Crippen LogP) is 6.25.